The first kappa shape index (κ1) is 15.5. The van der Waals surface area contributed by atoms with Crippen LogP contribution in [-0.2, 0) is 12.3 Å². The number of aromatic nitrogens is 1. The van der Waals surface area contributed by atoms with Gasteiger partial charge in [0.25, 0.3) is 0 Å². The molecule has 0 spiro atoms. The van der Waals surface area contributed by atoms with Crippen molar-refractivity contribution in [3.05, 3.63) is 41.0 Å². The summed E-state index contributed by atoms with van der Waals surface area (Å²) >= 11 is 3.77. The number of hydrogen-bond donors (Lipinski definition) is 1. The van der Waals surface area contributed by atoms with Gasteiger partial charge in [-0.1, -0.05) is 44.2 Å². The van der Waals surface area contributed by atoms with Gasteiger partial charge in [-0.05, 0) is 24.3 Å². The van der Waals surface area contributed by atoms with Gasteiger partial charge in [0.15, 0.2) is 0 Å². The molecule has 0 saturated heterocycles. The molecule has 0 bridgehead atoms. The van der Waals surface area contributed by atoms with Gasteiger partial charge in [0.2, 0.25) is 0 Å². The lowest BCUT2D eigenvalue weighted by Gasteiger charge is -2.03. The average molecular weight is 306 g/mol. The molecule has 0 aliphatic rings. The Bertz CT molecular complexity index is 508. The van der Waals surface area contributed by atoms with Crippen molar-refractivity contribution < 1.29 is 0 Å². The highest BCUT2D eigenvalue weighted by Crippen LogP contribution is 2.32. The molecule has 0 saturated carbocycles. The maximum atomic E-state index is 4.83. The van der Waals surface area contributed by atoms with E-state index < -0.39 is 0 Å². The number of nitrogens with zero attached hydrogens (tertiary/aromatic N) is 1. The van der Waals surface area contributed by atoms with E-state index in [1.807, 2.05) is 23.1 Å². The van der Waals surface area contributed by atoms with Crippen molar-refractivity contribution in [3.63, 3.8) is 0 Å². The highest BCUT2D eigenvalue weighted by molar-refractivity contribution is 7.98. The van der Waals surface area contributed by atoms with Gasteiger partial charge in [-0.3, -0.25) is 0 Å². The van der Waals surface area contributed by atoms with Crippen LogP contribution in [0.2, 0.25) is 0 Å². The lowest BCUT2D eigenvalue weighted by molar-refractivity contribution is 0.666. The van der Waals surface area contributed by atoms with Crippen LogP contribution in [0.15, 0.2) is 30.3 Å². The maximum absolute atomic E-state index is 4.83. The minimum atomic E-state index is 0.866. The predicted octanol–water partition coefficient (Wildman–Crippen LogP) is 4.56. The molecule has 0 fully saturated rings. The second-order valence-electron chi connectivity index (χ2n) is 4.56. The molecule has 2 aromatic rings. The summed E-state index contributed by atoms with van der Waals surface area (Å²) in [7, 11) is 0. The highest BCUT2D eigenvalue weighted by Gasteiger charge is 2.12. The second-order valence-corrected chi connectivity index (χ2v) is 6.92. The summed E-state index contributed by atoms with van der Waals surface area (Å²) in [5, 5.41) is 4.71. The molecule has 1 aromatic heterocycles. The van der Waals surface area contributed by atoms with Gasteiger partial charge in [-0.15, -0.1) is 11.3 Å². The highest BCUT2D eigenvalue weighted by atomic mass is 32.2. The zero-order valence-electron chi connectivity index (χ0n) is 12.2. The van der Waals surface area contributed by atoms with E-state index in [4.69, 9.17) is 4.98 Å². The molecule has 20 heavy (non-hydrogen) atoms. The van der Waals surface area contributed by atoms with Crippen LogP contribution in [0.1, 0.15) is 31.0 Å². The fraction of sp³-hybridized carbons (Fsp3) is 0.438. The number of rotatable bonds is 8. The summed E-state index contributed by atoms with van der Waals surface area (Å²) in [4.78, 5) is 6.15. The Balaban J connectivity index is 2.20. The minimum absolute atomic E-state index is 0.866. The number of thioether (sulfide) groups is 1. The van der Waals surface area contributed by atoms with Crippen molar-refractivity contribution in [2.45, 2.75) is 32.6 Å². The minimum Gasteiger partial charge on any atom is -0.311 e. The van der Waals surface area contributed by atoms with Crippen LogP contribution in [0.3, 0.4) is 0 Å². The third-order valence-electron chi connectivity index (χ3n) is 2.93. The van der Waals surface area contributed by atoms with Gasteiger partial charge >= 0.3 is 0 Å². The van der Waals surface area contributed by atoms with Gasteiger partial charge in [0, 0.05) is 12.3 Å². The quantitative estimate of drug-likeness (QED) is 0.724. The molecule has 2 rings (SSSR count). The smallest absolute Gasteiger partial charge is 0.103 e. The number of hydrogen-bond acceptors (Lipinski definition) is 4. The summed E-state index contributed by atoms with van der Waals surface area (Å²) in [5.74, 6) is 2.17. The van der Waals surface area contributed by atoms with Crippen LogP contribution >= 0.6 is 23.1 Å². The number of benzene rings is 1. The Morgan fingerprint density at radius 1 is 1.20 bits per heavy atom. The summed E-state index contributed by atoms with van der Waals surface area (Å²) < 4.78 is 0. The van der Waals surface area contributed by atoms with E-state index in [0.717, 1.165) is 31.0 Å². The molecule has 2 nitrogen and oxygen atoms in total. The molecule has 0 atom stereocenters. The van der Waals surface area contributed by atoms with Crippen molar-refractivity contribution in [3.8, 4) is 10.4 Å². The fourth-order valence-electron chi connectivity index (χ4n) is 1.97. The third-order valence-corrected chi connectivity index (χ3v) is 5.14. The van der Waals surface area contributed by atoms with Gasteiger partial charge in [0.1, 0.15) is 5.01 Å². The number of thiazole rings is 1. The van der Waals surface area contributed by atoms with Crippen molar-refractivity contribution in [2.75, 3.05) is 12.3 Å². The zero-order valence-corrected chi connectivity index (χ0v) is 13.8. The Hall–Kier alpha value is -0.840. The SMILES string of the molecule is CCCNCc1nc(CSCC)sc1-c1ccccc1. The molecule has 0 aliphatic carbocycles. The van der Waals surface area contributed by atoms with E-state index in [1.54, 1.807) is 0 Å². The molecule has 1 aromatic carbocycles. The lowest BCUT2D eigenvalue weighted by atomic mass is 10.1. The van der Waals surface area contributed by atoms with Crippen LogP contribution in [0.4, 0.5) is 0 Å². The molecule has 0 radical (unpaired) electrons. The Morgan fingerprint density at radius 3 is 2.70 bits per heavy atom. The van der Waals surface area contributed by atoms with Crippen molar-refractivity contribution in [2.24, 2.45) is 0 Å². The summed E-state index contributed by atoms with van der Waals surface area (Å²) in [5.41, 5.74) is 2.48. The molecule has 0 amide bonds. The summed E-state index contributed by atoms with van der Waals surface area (Å²) in [6.07, 6.45) is 1.16. The zero-order chi connectivity index (χ0) is 14.2. The Labute approximate surface area is 130 Å². The Kier molecular flexibility index (Phi) is 6.57. The van der Waals surface area contributed by atoms with E-state index >= 15 is 0 Å². The van der Waals surface area contributed by atoms with Crippen molar-refractivity contribution >= 4 is 23.1 Å². The fourth-order valence-corrected chi connectivity index (χ4v) is 3.78. The van der Waals surface area contributed by atoms with E-state index in [0.29, 0.717) is 0 Å². The van der Waals surface area contributed by atoms with Gasteiger partial charge < -0.3 is 5.32 Å². The van der Waals surface area contributed by atoms with Crippen LogP contribution in [0.5, 0.6) is 0 Å². The van der Waals surface area contributed by atoms with Crippen LogP contribution in [0.25, 0.3) is 10.4 Å². The normalized spacial score (nSPS) is 10.9. The van der Waals surface area contributed by atoms with Gasteiger partial charge in [0.05, 0.1) is 10.6 Å². The molecule has 0 aliphatic heterocycles. The first-order valence-electron chi connectivity index (χ1n) is 7.17. The summed E-state index contributed by atoms with van der Waals surface area (Å²) in [6, 6.07) is 10.6. The third kappa shape index (κ3) is 4.33. The van der Waals surface area contributed by atoms with Crippen LogP contribution in [-0.4, -0.2) is 17.3 Å². The largest absolute Gasteiger partial charge is 0.311 e. The second kappa shape index (κ2) is 8.45. The van der Waals surface area contributed by atoms with E-state index in [9.17, 15) is 0 Å². The standard InChI is InChI=1S/C16H22N2S2/c1-3-10-17-11-14-16(13-8-6-5-7-9-13)20-15(18-14)12-19-4-2/h5-9,17H,3-4,10-12H2,1-2H3. The first-order chi connectivity index (χ1) is 9.85. The van der Waals surface area contributed by atoms with Crippen molar-refractivity contribution in [1.29, 1.82) is 0 Å². The molecule has 4 heteroatoms. The predicted molar refractivity (Wildman–Crippen MR) is 91.4 cm³/mol. The van der Waals surface area contributed by atoms with Crippen LogP contribution in [0, 0.1) is 0 Å². The Morgan fingerprint density at radius 2 is 2.00 bits per heavy atom. The molecule has 0 unspecified atom stereocenters. The van der Waals surface area contributed by atoms with Gasteiger partial charge in [-0.25, -0.2) is 4.98 Å². The molecule has 1 heterocycles. The van der Waals surface area contributed by atoms with E-state index in [2.05, 4.69) is 49.5 Å². The monoisotopic (exact) mass is 306 g/mol. The molecule has 1 N–H and O–H groups in total. The van der Waals surface area contributed by atoms with Crippen molar-refractivity contribution in [1.82, 2.24) is 10.3 Å². The first-order valence-corrected chi connectivity index (χ1v) is 9.14. The summed E-state index contributed by atoms with van der Waals surface area (Å²) in [6.45, 7) is 6.30. The van der Waals surface area contributed by atoms with Gasteiger partial charge in [-0.2, -0.15) is 11.8 Å². The maximum Gasteiger partial charge on any atom is 0.103 e. The average Bonchev–Trinajstić information content (AvgIpc) is 2.89. The van der Waals surface area contributed by atoms with E-state index in [-0.39, 0.29) is 0 Å². The topological polar surface area (TPSA) is 24.9 Å². The number of nitrogens with one attached hydrogen (secondary N) is 1. The van der Waals surface area contributed by atoms with Crippen LogP contribution < -0.4 is 5.32 Å². The van der Waals surface area contributed by atoms with E-state index in [1.165, 1.54) is 21.1 Å². The molecule has 108 valence electrons. The lowest BCUT2D eigenvalue weighted by Crippen LogP contribution is -2.14. The molecular formula is C16H22N2S2. The molecular weight excluding hydrogens is 284 g/mol.